The van der Waals surface area contributed by atoms with Crippen LogP contribution in [0.5, 0.6) is 5.75 Å². The van der Waals surface area contributed by atoms with Crippen LogP contribution < -0.4 is 10.2 Å². The van der Waals surface area contributed by atoms with Gasteiger partial charge in [0.1, 0.15) is 17.9 Å². The van der Waals surface area contributed by atoms with E-state index < -0.39 is 6.04 Å². The summed E-state index contributed by atoms with van der Waals surface area (Å²) in [7, 11) is 0. The Hall–Kier alpha value is -4.06. The van der Waals surface area contributed by atoms with Gasteiger partial charge in [-0.2, -0.15) is 0 Å². The molecule has 2 aliphatic heterocycles. The second kappa shape index (κ2) is 10.3. The second-order valence-electron chi connectivity index (χ2n) is 12.9. The van der Waals surface area contributed by atoms with Crippen LogP contribution in [-0.2, 0) is 23.1 Å². The number of H-pyrrole nitrogens is 1. The van der Waals surface area contributed by atoms with Gasteiger partial charge in [0.2, 0.25) is 0 Å². The number of carbonyl (C=O) groups is 1. The summed E-state index contributed by atoms with van der Waals surface area (Å²) in [5.74, 6) is 1.55. The molecule has 1 aromatic heterocycles. The van der Waals surface area contributed by atoms with Crippen molar-refractivity contribution in [2.45, 2.75) is 70.6 Å². The van der Waals surface area contributed by atoms with Crippen molar-refractivity contribution >= 4 is 17.0 Å². The fraction of sp³-hybridized carbons (Fsp3) is 0.389. The molecule has 3 aliphatic rings. The highest BCUT2D eigenvalue weighted by Gasteiger charge is 2.45. The van der Waals surface area contributed by atoms with E-state index in [1.807, 2.05) is 42.5 Å². The maximum Gasteiger partial charge on any atom is 0.411 e. The van der Waals surface area contributed by atoms with Crippen molar-refractivity contribution in [3.8, 4) is 5.75 Å². The van der Waals surface area contributed by atoms with E-state index in [1.54, 1.807) is 4.90 Å². The summed E-state index contributed by atoms with van der Waals surface area (Å²) in [6.07, 6.45) is 3.20. The summed E-state index contributed by atoms with van der Waals surface area (Å²) in [6, 6.07) is 23.8. The molecule has 7 rings (SSSR count). The van der Waals surface area contributed by atoms with Crippen LogP contribution in [-0.4, -0.2) is 28.7 Å². The van der Waals surface area contributed by atoms with Gasteiger partial charge in [-0.3, -0.25) is 9.69 Å². The molecule has 0 bridgehead atoms. The molecule has 1 N–H and O–H groups in total. The van der Waals surface area contributed by atoms with E-state index in [0.29, 0.717) is 23.5 Å². The lowest BCUT2D eigenvalue weighted by Gasteiger charge is -2.44. The molecule has 3 aromatic carbocycles. The number of fused-ring (bicyclic) bond motifs is 3. The molecule has 4 atom stereocenters. The quantitative estimate of drug-likeness (QED) is 0.284. The zero-order valence-electron chi connectivity index (χ0n) is 24.6. The summed E-state index contributed by atoms with van der Waals surface area (Å²) >= 11 is 0. The van der Waals surface area contributed by atoms with Gasteiger partial charge < -0.3 is 14.5 Å². The average Bonchev–Trinajstić information content (AvgIpc) is 3.62. The number of rotatable bonds is 4. The van der Waals surface area contributed by atoms with Crippen LogP contribution in [0.1, 0.15) is 74.0 Å². The molecule has 0 spiro atoms. The topological polar surface area (TPSA) is 71.6 Å². The number of para-hydroxylation sites is 1. The van der Waals surface area contributed by atoms with E-state index in [4.69, 9.17) is 9.47 Å². The van der Waals surface area contributed by atoms with Crippen molar-refractivity contribution in [3.05, 3.63) is 111 Å². The number of hydrogen-bond acceptors (Lipinski definition) is 4. The van der Waals surface area contributed by atoms with Gasteiger partial charge in [-0.05, 0) is 65.1 Å². The normalized spacial score (nSPS) is 23.4. The molecule has 4 aromatic rings. The summed E-state index contributed by atoms with van der Waals surface area (Å²) < 4.78 is 12.3. The Balaban J connectivity index is 1.26. The minimum Gasteiger partial charge on any atom is -0.493 e. The molecular formula is C36H38N2O4. The van der Waals surface area contributed by atoms with Crippen LogP contribution in [0.4, 0.5) is 4.79 Å². The van der Waals surface area contributed by atoms with E-state index in [0.717, 1.165) is 53.8 Å². The maximum absolute atomic E-state index is 14.3. The zero-order valence-corrected chi connectivity index (χ0v) is 24.6. The Bertz CT molecular complexity index is 1710. The SMILES string of the molecule is CC1CCC(C(C)(C)c2ccccc2)C(OC(=O)N2Cc3c([nH]c4ccccc4c3=O)[C@H]2c2ccc3c(c2)CCO3)C1. The van der Waals surface area contributed by atoms with Gasteiger partial charge in [0.05, 0.1) is 18.8 Å². The van der Waals surface area contributed by atoms with E-state index in [-0.39, 0.29) is 35.5 Å². The van der Waals surface area contributed by atoms with E-state index in [2.05, 4.69) is 56.1 Å². The highest BCUT2D eigenvalue weighted by atomic mass is 16.6. The largest absolute Gasteiger partial charge is 0.493 e. The fourth-order valence-corrected chi connectivity index (χ4v) is 7.56. The van der Waals surface area contributed by atoms with Gasteiger partial charge in [-0.15, -0.1) is 0 Å². The van der Waals surface area contributed by atoms with Crippen molar-refractivity contribution in [2.75, 3.05) is 6.61 Å². The molecule has 1 fully saturated rings. The third-order valence-electron chi connectivity index (χ3n) is 9.97. The summed E-state index contributed by atoms with van der Waals surface area (Å²) in [6.45, 7) is 7.66. The highest BCUT2D eigenvalue weighted by Crippen LogP contribution is 2.45. The van der Waals surface area contributed by atoms with Crippen LogP contribution in [0, 0.1) is 11.8 Å². The molecule has 1 saturated carbocycles. The highest BCUT2D eigenvalue weighted by molar-refractivity contribution is 5.81. The van der Waals surface area contributed by atoms with E-state index in [1.165, 1.54) is 5.56 Å². The molecule has 216 valence electrons. The van der Waals surface area contributed by atoms with Crippen LogP contribution in [0.3, 0.4) is 0 Å². The number of pyridine rings is 1. The number of aromatic nitrogens is 1. The minimum atomic E-state index is -0.447. The molecule has 3 heterocycles. The van der Waals surface area contributed by atoms with Crippen LogP contribution in [0.2, 0.25) is 0 Å². The lowest BCUT2D eigenvalue weighted by atomic mass is 9.64. The van der Waals surface area contributed by atoms with Crippen LogP contribution in [0.15, 0.2) is 77.6 Å². The van der Waals surface area contributed by atoms with Gasteiger partial charge in [0.25, 0.3) is 0 Å². The number of carbonyl (C=O) groups excluding carboxylic acids is 1. The number of nitrogens with one attached hydrogen (secondary N) is 1. The summed E-state index contributed by atoms with van der Waals surface area (Å²) in [5, 5.41) is 0.637. The third-order valence-corrected chi connectivity index (χ3v) is 9.97. The van der Waals surface area contributed by atoms with Crippen molar-refractivity contribution < 1.29 is 14.3 Å². The van der Waals surface area contributed by atoms with E-state index >= 15 is 0 Å². The average molecular weight is 563 g/mol. The Kier molecular flexibility index (Phi) is 6.60. The first kappa shape index (κ1) is 26.8. The molecule has 1 aliphatic carbocycles. The summed E-state index contributed by atoms with van der Waals surface area (Å²) in [4.78, 5) is 33.3. The molecule has 42 heavy (non-hydrogen) atoms. The summed E-state index contributed by atoms with van der Waals surface area (Å²) in [5.41, 5.74) is 5.33. The molecule has 3 unspecified atom stereocenters. The Morgan fingerprint density at radius 1 is 1.02 bits per heavy atom. The van der Waals surface area contributed by atoms with Crippen molar-refractivity contribution in [2.24, 2.45) is 11.8 Å². The first-order chi connectivity index (χ1) is 20.3. The van der Waals surface area contributed by atoms with Crippen molar-refractivity contribution in [1.29, 1.82) is 0 Å². The predicted molar refractivity (Wildman–Crippen MR) is 164 cm³/mol. The monoisotopic (exact) mass is 562 g/mol. The molecule has 0 saturated heterocycles. The maximum atomic E-state index is 14.3. The lowest BCUT2D eigenvalue weighted by Crippen LogP contribution is -2.45. The van der Waals surface area contributed by atoms with Crippen LogP contribution >= 0.6 is 0 Å². The fourth-order valence-electron chi connectivity index (χ4n) is 7.56. The number of benzene rings is 3. The van der Waals surface area contributed by atoms with E-state index in [9.17, 15) is 9.59 Å². The van der Waals surface area contributed by atoms with Crippen LogP contribution in [0.25, 0.3) is 10.9 Å². The molecule has 6 heteroatoms. The van der Waals surface area contributed by atoms with Gasteiger partial charge >= 0.3 is 6.09 Å². The Morgan fingerprint density at radius 3 is 2.64 bits per heavy atom. The van der Waals surface area contributed by atoms with Gasteiger partial charge in [-0.1, -0.05) is 75.7 Å². The number of amides is 1. The zero-order chi connectivity index (χ0) is 29.0. The smallest absolute Gasteiger partial charge is 0.411 e. The molecular weight excluding hydrogens is 524 g/mol. The van der Waals surface area contributed by atoms with Gasteiger partial charge in [0.15, 0.2) is 5.43 Å². The predicted octanol–water partition coefficient (Wildman–Crippen LogP) is 7.29. The van der Waals surface area contributed by atoms with Gasteiger partial charge in [0, 0.05) is 28.8 Å². The van der Waals surface area contributed by atoms with Crippen molar-refractivity contribution in [1.82, 2.24) is 9.88 Å². The Morgan fingerprint density at radius 2 is 1.81 bits per heavy atom. The molecule has 0 radical (unpaired) electrons. The third kappa shape index (κ3) is 4.48. The number of nitrogens with zero attached hydrogens (tertiary/aromatic N) is 1. The lowest BCUT2D eigenvalue weighted by molar-refractivity contribution is -0.0208. The second-order valence-corrected chi connectivity index (χ2v) is 12.9. The van der Waals surface area contributed by atoms with Gasteiger partial charge in [-0.25, -0.2) is 4.79 Å². The number of aromatic amines is 1. The number of ether oxygens (including phenoxy) is 2. The standard InChI is InChI=1S/C36H38N2O4/c1-22-13-15-28(36(2,3)25-9-5-4-6-10-25)31(19-22)42-35(40)38-21-27-32(37-29-12-8-7-11-26(29)34(27)39)33(38)24-14-16-30-23(20-24)17-18-41-30/h4-12,14,16,20,22,28,31,33H,13,15,17-19,21H2,1-3H3,(H,37,39)/t22?,28?,31?,33-/m1/s1. The Labute approximate surface area is 246 Å². The van der Waals surface area contributed by atoms with Crippen molar-refractivity contribution in [3.63, 3.8) is 0 Å². The first-order valence-corrected chi connectivity index (χ1v) is 15.2. The molecule has 6 nitrogen and oxygen atoms in total. The number of hydrogen-bond donors (Lipinski definition) is 1. The minimum absolute atomic E-state index is 0.0291. The molecule has 1 amide bonds. The first-order valence-electron chi connectivity index (χ1n) is 15.2.